The Morgan fingerprint density at radius 1 is 1.19 bits per heavy atom. The van der Waals surface area contributed by atoms with Gasteiger partial charge in [0.2, 0.25) is 0 Å². The zero-order chi connectivity index (χ0) is 18.9. The van der Waals surface area contributed by atoms with Gasteiger partial charge in [0.15, 0.2) is 0 Å². The summed E-state index contributed by atoms with van der Waals surface area (Å²) in [5.41, 5.74) is 5.77. The second-order valence-corrected chi connectivity index (χ2v) is 7.07. The van der Waals surface area contributed by atoms with E-state index in [4.69, 9.17) is 15.2 Å². The molecule has 0 aliphatic rings. The number of hydrogen-bond acceptors (Lipinski definition) is 7. The van der Waals surface area contributed by atoms with Crippen LogP contribution in [0.4, 0.5) is 0 Å². The molecular weight excluding hydrogens is 336 g/mol. The van der Waals surface area contributed by atoms with Crippen molar-refractivity contribution in [1.82, 2.24) is 6.15 Å². The van der Waals surface area contributed by atoms with Crippen LogP contribution in [0.2, 0.25) is 0 Å². The lowest BCUT2D eigenvalue weighted by Gasteiger charge is -2.20. The van der Waals surface area contributed by atoms with Gasteiger partial charge in [0.05, 0.1) is 5.92 Å². The Morgan fingerprint density at radius 3 is 2.35 bits per heavy atom. The fraction of sp³-hybridized carbons (Fsp3) is 0.579. The average molecular weight is 368 g/mol. The van der Waals surface area contributed by atoms with Crippen molar-refractivity contribution in [2.24, 2.45) is 11.7 Å². The fourth-order valence-electron chi connectivity index (χ4n) is 2.36. The van der Waals surface area contributed by atoms with E-state index in [9.17, 15) is 14.7 Å². The topological polar surface area (TPSA) is 134 Å². The number of rotatable bonds is 9. The molecule has 1 rings (SSSR count). The molecule has 148 valence electrons. The van der Waals surface area contributed by atoms with E-state index in [2.05, 4.69) is 0 Å². The molecule has 0 spiro atoms. The first-order valence-electron chi connectivity index (χ1n) is 8.53. The van der Waals surface area contributed by atoms with Gasteiger partial charge in [-0.15, -0.1) is 0 Å². The van der Waals surface area contributed by atoms with Gasteiger partial charge in [0, 0.05) is 6.42 Å². The molecule has 0 heterocycles. The molecule has 6 N–H and O–H groups in total. The van der Waals surface area contributed by atoms with Crippen molar-refractivity contribution in [2.45, 2.75) is 64.9 Å². The van der Waals surface area contributed by atoms with E-state index in [1.54, 1.807) is 20.8 Å². The molecule has 0 aliphatic heterocycles. The Bertz CT molecular complexity index is 541. The summed E-state index contributed by atoms with van der Waals surface area (Å²) >= 11 is 0. The van der Waals surface area contributed by atoms with E-state index < -0.39 is 23.7 Å². The third-order valence-electron chi connectivity index (χ3n) is 3.44. The minimum Gasteiger partial charge on any atom is -0.461 e. The predicted octanol–water partition coefficient (Wildman–Crippen LogP) is 2.69. The van der Waals surface area contributed by atoms with E-state index in [1.165, 1.54) is 0 Å². The van der Waals surface area contributed by atoms with Crippen LogP contribution in [-0.4, -0.2) is 28.9 Å². The van der Waals surface area contributed by atoms with Gasteiger partial charge in [0.25, 0.3) is 0 Å². The summed E-state index contributed by atoms with van der Waals surface area (Å²) in [6.07, 6.45) is 0.0757. The molecule has 1 aromatic carbocycles. The maximum Gasteiger partial charge on any atom is 0.309 e. The number of carbonyl (C=O) groups excluding carboxylic acids is 2. The maximum absolute atomic E-state index is 12.3. The second-order valence-electron chi connectivity index (χ2n) is 7.07. The quantitative estimate of drug-likeness (QED) is 0.450. The van der Waals surface area contributed by atoms with Gasteiger partial charge in [0.1, 0.15) is 18.4 Å². The largest absolute Gasteiger partial charge is 0.461 e. The molecule has 26 heavy (non-hydrogen) atoms. The third-order valence-corrected chi connectivity index (χ3v) is 3.44. The molecule has 0 aliphatic carbocycles. The molecule has 0 bridgehead atoms. The van der Waals surface area contributed by atoms with Crippen molar-refractivity contribution in [1.29, 1.82) is 0 Å². The molecule has 7 nitrogen and oxygen atoms in total. The van der Waals surface area contributed by atoms with Crippen molar-refractivity contribution in [3.8, 4) is 0 Å². The Balaban J connectivity index is 0.00000625. The summed E-state index contributed by atoms with van der Waals surface area (Å²) in [6, 6.07) is 9.34. The lowest BCUT2D eigenvalue weighted by molar-refractivity contribution is -0.156. The highest BCUT2D eigenvalue weighted by molar-refractivity contribution is 5.73. The van der Waals surface area contributed by atoms with Crippen LogP contribution < -0.4 is 11.9 Å². The smallest absolute Gasteiger partial charge is 0.309 e. The summed E-state index contributed by atoms with van der Waals surface area (Å²) in [7, 11) is 0. The van der Waals surface area contributed by atoms with Crippen molar-refractivity contribution in [3.63, 3.8) is 0 Å². The van der Waals surface area contributed by atoms with Crippen molar-refractivity contribution < 1.29 is 24.2 Å². The first-order chi connectivity index (χ1) is 11.7. The van der Waals surface area contributed by atoms with Crippen LogP contribution in [0.25, 0.3) is 0 Å². The SMILES string of the molecule is CC(C)(C)OC(=O)CCCC(C[C@@H](N)O)C(=O)OCc1ccccc1.N. The number of carbonyl (C=O) groups is 2. The molecule has 0 amide bonds. The Morgan fingerprint density at radius 2 is 1.81 bits per heavy atom. The molecule has 1 aromatic rings. The molecule has 7 heteroatoms. The first-order valence-corrected chi connectivity index (χ1v) is 8.53. The standard InChI is InChI=1S/C19H29NO5.H3N/c1-19(2,3)25-17(22)11-7-10-15(12-16(20)21)18(23)24-13-14-8-5-4-6-9-14;/h4-6,8-9,15-16,21H,7,10-13,20H2,1-3H3;1H3/t15?,16-;/m0./s1. The minimum absolute atomic E-state index is 0. The van der Waals surface area contributed by atoms with Crippen molar-refractivity contribution in [3.05, 3.63) is 35.9 Å². The number of benzene rings is 1. The van der Waals surface area contributed by atoms with Gasteiger partial charge in [-0.1, -0.05) is 30.3 Å². The lowest BCUT2D eigenvalue weighted by atomic mass is 9.97. The highest BCUT2D eigenvalue weighted by atomic mass is 16.6. The number of aliphatic hydroxyl groups is 1. The normalized spacial score (nSPS) is 13.3. The molecular formula is C19H32N2O5. The summed E-state index contributed by atoms with van der Waals surface area (Å²) < 4.78 is 10.5. The van der Waals surface area contributed by atoms with Crippen LogP contribution in [0.5, 0.6) is 0 Å². The number of hydrogen-bond donors (Lipinski definition) is 3. The zero-order valence-electron chi connectivity index (χ0n) is 15.9. The Labute approximate surface area is 155 Å². The Hall–Kier alpha value is -1.96. The molecule has 0 fully saturated rings. The van der Waals surface area contributed by atoms with Crippen LogP contribution in [0, 0.1) is 5.92 Å². The van der Waals surface area contributed by atoms with E-state index in [0.717, 1.165) is 5.56 Å². The first kappa shape index (κ1) is 24.0. The van der Waals surface area contributed by atoms with Crippen molar-refractivity contribution >= 4 is 11.9 Å². The molecule has 0 saturated heterocycles. The Kier molecular flexibility index (Phi) is 10.7. The number of esters is 2. The van der Waals surface area contributed by atoms with Gasteiger partial charge in [-0.3, -0.25) is 9.59 Å². The fourth-order valence-corrected chi connectivity index (χ4v) is 2.36. The van der Waals surface area contributed by atoms with Gasteiger partial charge >= 0.3 is 11.9 Å². The number of ether oxygens (including phenoxy) is 2. The molecule has 1 unspecified atom stereocenters. The summed E-state index contributed by atoms with van der Waals surface area (Å²) in [5.74, 6) is -1.28. The second kappa shape index (κ2) is 11.6. The van der Waals surface area contributed by atoms with Gasteiger partial charge in [-0.05, 0) is 45.6 Å². The van der Waals surface area contributed by atoms with Crippen LogP contribution in [0.1, 0.15) is 52.0 Å². The third kappa shape index (κ3) is 10.8. The highest BCUT2D eigenvalue weighted by Gasteiger charge is 2.23. The maximum atomic E-state index is 12.3. The summed E-state index contributed by atoms with van der Waals surface area (Å²) in [5, 5.41) is 9.40. The predicted molar refractivity (Wildman–Crippen MR) is 99.3 cm³/mol. The molecule has 2 atom stereocenters. The van der Waals surface area contributed by atoms with E-state index in [1.807, 2.05) is 30.3 Å². The summed E-state index contributed by atoms with van der Waals surface area (Å²) in [6.45, 7) is 5.58. The van der Waals surface area contributed by atoms with Crippen LogP contribution in [-0.2, 0) is 25.7 Å². The van der Waals surface area contributed by atoms with Crippen LogP contribution in [0.3, 0.4) is 0 Å². The summed E-state index contributed by atoms with van der Waals surface area (Å²) in [4.78, 5) is 24.0. The molecule has 0 saturated carbocycles. The minimum atomic E-state index is -1.10. The highest BCUT2D eigenvalue weighted by Crippen LogP contribution is 2.18. The van der Waals surface area contributed by atoms with E-state index in [-0.39, 0.29) is 31.6 Å². The van der Waals surface area contributed by atoms with E-state index in [0.29, 0.717) is 12.8 Å². The van der Waals surface area contributed by atoms with Crippen LogP contribution >= 0.6 is 0 Å². The lowest BCUT2D eigenvalue weighted by Crippen LogP contribution is -2.28. The molecule has 0 aromatic heterocycles. The van der Waals surface area contributed by atoms with Gasteiger partial charge in [-0.25, -0.2) is 0 Å². The number of aliphatic hydroxyl groups excluding tert-OH is 1. The van der Waals surface area contributed by atoms with Gasteiger partial charge in [-0.2, -0.15) is 0 Å². The van der Waals surface area contributed by atoms with Crippen LogP contribution in [0.15, 0.2) is 30.3 Å². The van der Waals surface area contributed by atoms with Gasteiger partial charge < -0.3 is 26.5 Å². The zero-order valence-corrected chi connectivity index (χ0v) is 15.9. The van der Waals surface area contributed by atoms with E-state index >= 15 is 0 Å². The number of nitrogens with two attached hydrogens (primary N) is 1. The average Bonchev–Trinajstić information content (AvgIpc) is 2.50. The molecule has 0 radical (unpaired) electrons. The monoisotopic (exact) mass is 368 g/mol. The van der Waals surface area contributed by atoms with Crippen molar-refractivity contribution in [2.75, 3.05) is 0 Å².